The van der Waals surface area contributed by atoms with Gasteiger partial charge in [0, 0.05) is 6.42 Å². The second-order valence-corrected chi connectivity index (χ2v) is 8.12. The van der Waals surface area contributed by atoms with Crippen molar-refractivity contribution in [1.82, 2.24) is 10.4 Å². The van der Waals surface area contributed by atoms with Crippen LogP contribution in [0.15, 0.2) is 48.5 Å². The van der Waals surface area contributed by atoms with E-state index in [0.717, 1.165) is 0 Å². The number of nitrogens with one attached hydrogen (secondary N) is 1. The zero-order valence-electron chi connectivity index (χ0n) is 18.2. The predicted molar refractivity (Wildman–Crippen MR) is 113 cm³/mol. The lowest BCUT2D eigenvalue weighted by Crippen LogP contribution is -2.48. The van der Waals surface area contributed by atoms with Gasteiger partial charge in [-0.15, -0.1) is 0 Å². The standard InChI is InChI=1S/C23H24N2O7/c1-23(2,3)31-22(29)24-18(13-14-8-7-9-15(12-14)30-4)21(28)32-25-19(26)16-10-5-6-11-17(16)20(25)27/h5-12,18H,13H2,1-4H3,(H,24,29). The smallest absolute Gasteiger partial charge is 0.408 e. The van der Waals surface area contributed by atoms with Crippen LogP contribution in [0.3, 0.4) is 0 Å². The molecule has 2 aromatic rings. The van der Waals surface area contributed by atoms with Gasteiger partial charge in [0.15, 0.2) is 0 Å². The van der Waals surface area contributed by atoms with Gasteiger partial charge < -0.3 is 19.6 Å². The zero-order valence-corrected chi connectivity index (χ0v) is 18.2. The van der Waals surface area contributed by atoms with Crippen LogP contribution in [0.4, 0.5) is 4.79 Å². The minimum atomic E-state index is -1.23. The lowest BCUT2D eigenvalue weighted by atomic mass is 10.1. The molecule has 0 saturated carbocycles. The van der Waals surface area contributed by atoms with Crippen LogP contribution in [0.5, 0.6) is 5.75 Å². The van der Waals surface area contributed by atoms with Crippen LogP contribution in [0.25, 0.3) is 0 Å². The number of imide groups is 1. The highest BCUT2D eigenvalue weighted by Crippen LogP contribution is 2.23. The number of rotatable bonds is 6. The maximum atomic E-state index is 12.9. The number of fused-ring (bicyclic) bond motifs is 1. The predicted octanol–water partition coefficient (Wildman–Crippen LogP) is 2.89. The third-order valence-electron chi connectivity index (χ3n) is 4.49. The first kappa shape index (κ1) is 22.8. The highest BCUT2D eigenvalue weighted by Gasteiger charge is 2.40. The number of hydroxylamine groups is 2. The van der Waals surface area contributed by atoms with Gasteiger partial charge in [0.05, 0.1) is 18.2 Å². The quantitative estimate of drug-likeness (QED) is 0.688. The van der Waals surface area contributed by atoms with Crippen LogP contribution in [-0.2, 0) is 20.8 Å². The molecule has 9 nitrogen and oxygen atoms in total. The van der Waals surface area contributed by atoms with Gasteiger partial charge in [-0.25, -0.2) is 9.59 Å². The van der Waals surface area contributed by atoms with Gasteiger partial charge in [-0.2, -0.15) is 0 Å². The van der Waals surface area contributed by atoms with Crippen molar-refractivity contribution in [3.8, 4) is 5.75 Å². The fourth-order valence-electron chi connectivity index (χ4n) is 3.08. The third kappa shape index (κ3) is 5.23. The van der Waals surface area contributed by atoms with E-state index in [-0.39, 0.29) is 17.5 Å². The van der Waals surface area contributed by atoms with Gasteiger partial charge in [-0.05, 0) is 50.6 Å². The van der Waals surface area contributed by atoms with E-state index in [1.165, 1.54) is 19.2 Å². The number of methoxy groups -OCH3 is 1. The van der Waals surface area contributed by atoms with Crippen LogP contribution in [0.1, 0.15) is 47.1 Å². The van der Waals surface area contributed by atoms with E-state index in [1.54, 1.807) is 57.2 Å². The van der Waals surface area contributed by atoms with E-state index in [9.17, 15) is 19.2 Å². The molecule has 1 aliphatic rings. The van der Waals surface area contributed by atoms with Crippen molar-refractivity contribution in [2.75, 3.05) is 7.11 Å². The lowest BCUT2D eigenvalue weighted by Gasteiger charge is -2.24. The van der Waals surface area contributed by atoms with Crippen LogP contribution in [-0.4, -0.2) is 47.7 Å². The SMILES string of the molecule is COc1cccc(CC(NC(=O)OC(C)(C)C)C(=O)ON2C(=O)c3ccccc3C2=O)c1. The Morgan fingerprint density at radius 1 is 1.00 bits per heavy atom. The number of ether oxygens (including phenoxy) is 2. The molecule has 32 heavy (non-hydrogen) atoms. The maximum Gasteiger partial charge on any atom is 0.408 e. The Hall–Kier alpha value is -3.88. The Kier molecular flexibility index (Phi) is 6.47. The number of amides is 3. The van der Waals surface area contributed by atoms with Gasteiger partial charge in [0.1, 0.15) is 17.4 Å². The molecule has 0 radical (unpaired) electrons. The molecule has 1 N–H and O–H groups in total. The summed E-state index contributed by atoms with van der Waals surface area (Å²) >= 11 is 0. The van der Waals surface area contributed by atoms with E-state index >= 15 is 0 Å². The molecular formula is C23H24N2O7. The van der Waals surface area contributed by atoms with Crippen LogP contribution in [0.2, 0.25) is 0 Å². The average Bonchev–Trinajstić information content (AvgIpc) is 2.97. The Labute approximate surface area is 185 Å². The van der Waals surface area contributed by atoms with Crippen molar-refractivity contribution in [1.29, 1.82) is 0 Å². The van der Waals surface area contributed by atoms with Crippen LogP contribution >= 0.6 is 0 Å². The average molecular weight is 440 g/mol. The molecule has 1 atom stereocenters. The summed E-state index contributed by atoms with van der Waals surface area (Å²) in [5.41, 5.74) is 0.131. The number of carbonyl (C=O) groups is 4. The highest BCUT2D eigenvalue weighted by atomic mass is 16.7. The lowest BCUT2D eigenvalue weighted by molar-refractivity contribution is -0.171. The normalized spacial score (nSPS) is 13.9. The van der Waals surface area contributed by atoms with E-state index in [0.29, 0.717) is 16.4 Å². The van der Waals surface area contributed by atoms with Crippen molar-refractivity contribution < 1.29 is 33.5 Å². The van der Waals surface area contributed by atoms with Crippen LogP contribution < -0.4 is 10.1 Å². The second kappa shape index (κ2) is 9.09. The molecule has 3 rings (SSSR count). The van der Waals surface area contributed by atoms with Crippen molar-refractivity contribution in [2.24, 2.45) is 0 Å². The molecule has 0 spiro atoms. The number of carbonyl (C=O) groups excluding carboxylic acids is 4. The van der Waals surface area contributed by atoms with Gasteiger partial charge in [-0.3, -0.25) is 9.59 Å². The van der Waals surface area contributed by atoms with E-state index in [4.69, 9.17) is 14.3 Å². The zero-order chi connectivity index (χ0) is 23.5. The molecule has 9 heteroatoms. The van der Waals surface area contributed by atoms with E-state index in [2.05, 4.69) is 5.32 Å². The fourth-order valence-corrected chi connectivity index (χ4v) is 3.08. The second-order valence-electron chi connectivity index (χ2n) is 8.12. The Bertz CT molecular complexity index is 1020. The molecule has 168 valence electrons. The summed E-state index contributed by atoms with van der Waals surface area (Å²) in [6.07, 6.45) is -0.831. The molecule has 0 bridgehead atoms. The molecule has 0 aliphatic carbocycles. The molecule has 1 aliphatic heterocycles. The number of benzene rings is 2. The topological polar surface area (TPSA) is 111 Å². The Balaban J connectivity index is 1.80. The van der Waals surface area contributed by atoms with Gasteiger partial charge in [0.2, 0.25) is 0 Å². The summed E-state index contributed by atoms with van der Waals surface area (Å²) in [5, 5.41) is 2.86. The van der Waals surface area contributed by atoms with Crippen molar-refractivity contribution >= 4 is 23.9 Å². The van der Waals surface area contributed by atoms with Crippen molar-refractivity contribution in [3.63, 3.8) is 0 Å². The number of hydrogen-bond acceptors (Lipinski definition) is 7. The van der Waals surface area contributed by atoms with E-state index < -0.39 is 35.5 Å². The van der Waals surface area contributed by atoms with Gasteiger partial charge in [0.25, 0.3) is 11.8 Å². The first-order valence-corrected chi connectivity index (χ1v) is 9.91. The first-order valence-electron chi connectivity index (χ1n) is 9.91. The number of alkyl carbamates (subject to hydrolysis) is 1. The summed E-state index contributed by atoms with van der Waals surface area (Å²) in [4.78, 5) is 55.4. The summed E-state index contributed by atoms with van der Waals surface area (Å²) in [6, 6.07) is 11.8. The molecule has 1 heterocycles. The third-order valence-corrected chi connectivity index (χ3v) is 4.49. The first-order chi connectivity index (χ1) is 15.1. The molecule has 1 unspecified atom stereocenters. The monoisotopic (exact) mass is 440 g/mol. The number of hydrogen-bond donors (Lipinski definition) is 1. The van der Waals surface area contributed by atoms with Crippen molar-refractivity contribution in [2.45, 2.75) is 38.8 Å². The van der Waals surface area contributed by atoms with Gasteiger partial charge >= 0.3 is 12.1 Å². The molecule has 3 amide bonds. The molecular weight excluding hydrogens is 416 g/mol. The van der Waals surface area contributed by atoms with Crippen LogP contribution in [0, 0.1) is 0 Å². The van der Waals surface area contributed by atoms with Gasteiger partial charge in [-0.1, -0.05) is 29.3 Å². The number of nitrogens with zero attached hydrogens (tertiary/aromatic N) is 1. The molecule has 0 saturated heterocycles. The van der Waals surface area contributed by atoms with E-state index in [1.807, 2.05) is 0 Å². The molecule has 2 aromatic carbocycles. The fraction of sp³-hybridized carbons (Fsp3) is 0.304. The Morgan fingerprint density at radius 2 is 1.62 bits per heavy atom. The summed E-state index contributed by atoms with van der Waals surface area (Å²) < 4.78 is 10.4. The maximum absolute atomic E-state index is 12.9. The Morgan fingerprint density at radius 3 is 2.19 bits per heavy atom. The highest BCUT2D eigenvalue weighted by molar-refractivity contribution is 6.20. The summed E-state index contributed by atoms with van der Waals surface area (Å²) in [6.45, 7) is 5.04. The molecule has 0 aromatic heterocycles. The minimum absolute atomic E-state index is 0.0123. The van der Waals surface area contributed by atoms with Crippen molar-refractivity contribution in [3.05, 3.63) is 65.2 Å². The summed E-state index contributed by atoms with van der Waals surface area (Å²) in [5.74, 6) is -1.94. The minimum Gasteiger partial charge on any atom is -0.497 e. The largest absolute Gasteiger partial charge is 0.497 e. The molecule has 0 fully saturated rings. The summed E-state index contributed by atoms with van der Waals surface area (Å²) in [7, 11) is 1.51.